The molecule has 0 saturated carbocycles. The molecule has 5 nitrogen and oxygen atoms in total. The number of benzene rings is 1. The second kappa shape index (κ2) is 8.03. The molecule has 0 radical (unpaired) electrons. The number of hydrogen-bond acceptors (Lipinski definition) is 4. The molecule has 3 aromatic rings. The lowest BCUT2D eigenvalue weighted by Gasteiger charge is -2.31. The number of pyridine rings is 2. The summed E-state index contributed by atoms with van der Waals surface area (Å²) in [5.74, 6) is 0.707. The van der Waals surface area contributed by atoms with Gasteiger partial charge < -0.3 is 5.32 Å². The monoisotopic (exact) mass is 380 g/mol. The molecule has 1 aliphatic heterocycles. The number of anilines is 1. The summed E-state index contributed by atoms with van der Waals surface area (Å²) in [7, 11) is 0. The van der Waals surface area contributed by atoms with Crippen molar-refractivity contribution in [2.45, 2.75) is 19.4 Å². The van der Waals surface area contributed by atoms with Crippen molar-refractivity contribution in [2.24, 2.45) is 5.92 Å². The number of nitrogens with one attached hydrogen (secondary N) is 1. The highest BCUT2D eigenvalue weighted by molar-refractivity contribution is 6.35. The molecule has 3 heterocycles. The van der Waals surface area contributed by atoms with E-state index in [0.717, 1.165) is 48.4 Å². The first kappa shape index (κ1) is 17.9. The minimum Gasteiger partial charge on any atom is -0.310 e. The average Bonchev–Trinajstić information content (AvgIpc) is 2.71. The van der Waals surface area contributed by atoms with Crippen LogP contribution in [0.2, 0.25) is 5.02 Å². The van der Waals surface area contributed by atoms with Crippen molar-refractivity contribution >= 4 is 34.2 Å². The number of halogens is 1. The van der Waals surface area contributed by atoms with Gasteiger partial charge in [-0.25, -0.2) is 4.98 Å². The Labute approximate surface area is 163 Å². The number of carbonyl (C=O) groups is 1. The zero-order valence-corrected chi connectivity index (χ0v) is 15.7. The standard InChI is InChI=1S/C21H21ClN4O/c22-18-7-6-16(20-17(18)4-3-11-24-20)14-26-12-8-15(9-13-26)21(27)25-19-5-1-2-10-23-19/h1-7,10-11,15H,8-9,12-14H2,(H,23,25,27). The predicted molar refractivity (Wildman–Crippen MR) is 108 cm³/mol. The quantitative estimate of drug-likeness (QED) is 0.739. The van der Waals surface area contributed by atoms with Crippen LogP contribution in [0, 0.1) is 5.92 Å². The number of likely N-dealkylation sites (tertiary alicyclic amines) is 1. The van der Waals surface area contributed by atoms with Crippen LogP contribution in [0.3, 0.4) is 0 Å². The van der Waals surface area contributed by atoms with Gasteiger partial charge in [-0.15, -0.1) is 0 Å². The van der Waals surface area contributed by atoms with Crippen LogP contribution in [0.5, 0.6) is 0 Å². The van der Waals surface area contributed by atoms with E-state index in [2.05, 4.69) is 26.3 Å². The molecular formula is C21H21ClN4O. The average molecular weight is 381 g/mol. The van der Waals surface area contributed by atoms with Crippen LogP contribution < -0.4 is 5.32 Å². The third-order valence-corrected chi connectivity index (χ3v) is 5.40. The van der Waals surface area contributed by atoms with E-state index in [-0.39, 0.29) is 11.8 Å². The maximum absolute atomic E-state index is 12.5. The molecule has 0 atom stereocenters. The molecule has 0 bridgehead atoms. The molecule has 1 aromatic carbocycles. The van der Waals surface area contributed by atoms with E-state index in [1.807, 2.05) is 36.4 Å². The van der Waals surface area contributed by atoms with Crippen molar-refractivity contribution in [3.63, 3.8) is 0 Å². The van der Waals surface area contributed by atoms with E-state index in [9.17, 15) is 4.79 Å². The van der Waals surface area contributed by atoms with Gasteiger partial charge in [0.1, 0.15) is 5.82 Å². The summed E-state index contributed by atoms with van der Waals surface area (Å²) in [6.07, 6.45) is 5.17. The SMILES string of the molecule is O=C(Nc1ccccn1)C1CCN(Cc2ccc(Cl)c3cccnc23)CC1. The van der Waals surface area contributed by atoms with E-state index in [1.54, 1.807) is 12.4 Å². The van der Waals surface area contributed by atoms with Crippen molar-refractivity contribution in [3.05, 3.63) is 65.4 Å². The molecule has 6 heteroatoms. The van der Waals surface area contributed by atoms with Crippen LogP contribution in [0.25, 0.3) is 10.9 Å². The maximum Gasteiger partial charge on any atom is 0.228 e. The van der Waals surface area contributed by atoms with E-state index in [0.29, 0.717) is 5.82 Å². The minimum absolute atomic E-state index is 0.0309. The Morgan fingerprint density at radius 1 is 1.07 bits per heavy atom. The molecule has 27 heavy (non-hydrogen) atoms. The van der Waals surface area contributed by atoms with Gasteiger partial charge in [0.05, 0.1) is 5.52 Å². The molecule has 1 saturated heterocycles. The molecule has 4 rings (SSSR count). The first-order chi connectivity index (χ1) is 13.2. The number of piperidine rings is 1. The van der Waals surface area contributed by atoms with Crippen LogP contribution in [-0.4, -0.2) is 33.9 Å². The highest BCUT2D eigenvalue weighted by atomic mass is 35.5. The van der Waals surface area contributed by atoms with E-state index in [1.165, 1.54) is 5.56 Å². The second-order valence-electron chi connectivity index (χ2n) is 6.86. The fourth-order valence-electron chi connectivity index (χ4n) is 3.58. The van der Waals surface area contributed by atoms with Gasteiger partial charge in [-0.05, 0) is 61.8 Å². The fraction of sp³-hybridized carbons (Fsp3) is 0.286. The zero-order chi connectivity index (χ0) is 18.6. The lowest BCUT2D eigenvalue weighted by molar-refractivity contribution is -0.121. The van der Waals surface area contributed by atoms with Crippen LogP contribution in [0.15, 0.2) is 54.9 Å². The Kier molecular flexibility index (Phi) is 5.32. The normalized spacial score (nSPS) is 15.7. The van der Waals surface area contributed by atoms with Crippen LogP contribution in [0.4, 0.5) is 5.82 Å². The van der Waals surface area contributed by atoms with Crippen molar-refractivity contribution in [3.8, 4) is 0 Å². The summed E-state index contributed by atoms with van der Waals surface area (Å²) in [6, 6.07) is 13.4. The molecule has 1 aliphatic rings. The Balaban J connectivity index is 1.37. The van der Waals surface area contributed by atoms with Gasteiger partial charge in [0.2, 0.25) is 5.91 Å². The Bertz CT molecular complexity index is 939. The molecule has 0 spiro atoms. The fourth-order valence-corrected chi connectivity index (χ4v) is 3.80. The summed E-state index contributed by atoms with van der Waals surface area (Å²) in [5.41, 5.74) is 2.13. The number of nitrogens with zero attached hydrogens (tertiary/aromatic N) is 3. The number of rotatable bonds is 4. The van der Waals surface area contributed by atoms with Gasteiger partial charge >= 0.3 is 0 Å². The largest absolute Gasteiger partial charge is 0.310 e. The number of amides is 1. The highest BCUT2D eigenvalue weighted by Crippen LogP contribution is 2.27. The zero-order valence-electron chi connectivity index (χ0n) is 14.9. The van der Waals surface area contributed by atoms with Gasteiger partial charge in [0, 0.05) is 35.3 Å². The first-order valence-corrected chi connectivity index (χ1v) is 9.55. The summed E-state index contributed by atoms with van der Waals surface area (Å²) in [6.45, 7) is 2.59. The number of fused-ring (bicyclic) bond motifs is 1. The van der Waals surface area contributed by atoms with E-state index < -0.39 is 0 Å². The Morgan fingerprint density at radius 3 is 2.67 bits per heavy atom. The smallest absolute Gasteiger partial charge is 0.228 e. The van der Waals surface area contributed by atoms with E-state index >= 15 is 0 Å². The van der Waals surface area contributed by atoms with Crippen LogP contribution >= 0.6 is 11.6 Å². The summed E-state index contributed by atoms with van der Waals surface area (Å²) >= 11 is 6.29. The molecule has 1 N–H and O–H groups in total. The highest BCUT2D eigenvalue weighted by Gasteiger charge is 2.25. The van der Waals surface area contributed by atoms with Gasteiger partial charge in [-0.2, -0.15) is 0 Å². The Morgan fingerprint density at radius 2 is 1.89 bits per heavy atom. The van der Waals surface area contributed by atoms with Crippen LogP contribution in [-0.2, 0) is 11.3 Å². The van der Waals surface area contributed by atoms with Crippen LogP contribution in [0.1, 0.15) is 18.4 Å². The summed E-state index contributed by atoms with van der Waals surface area (Å²) in [4.78, 5) is 23.5. The van der Waals surface area contributed by atoms with Gasteiger partial charge in [0.25, 0.3) is 0 Å². The van der Waals surface area contributed by atoms with Crippen molar-refractivity contribution < 1.29 is 4.79 Å². The number of aromatic nitrogens is 2. The van der Waals surface area contributed by atoms with Crippen molar-refractivity contribution in [1.82, 2.24) is 14.9 Å². The van der Waals surface area contributed by atoms with Gasteiger partial charge in [-0.3, -0.25) is 14.7 Å². The molecule has 1 amide bonds. The van der Waals surface area contributed by atoms with Crippen molar-refractivity contribution in [1.29, 1.82) is 0 Å². The molecule has 138 valence electrons. The van der Waals surface area contributed by atoms with Gasteiger partial charge in [-0.1, -0.05) is 23.7 Å². The van der Waals surface area contributed by atoms with E-state index in [4.69, 9.17) is 11.6 Å². The van der Waals surface area contributed by atoms with Gasteiger partial charge in [0.15, 0.2) is 0 Å². The molecular weight excluding hydrogens is 360 g/mol. The summed E-state index contributed by atoms with van der Waals surface area (Å²) in [5, 5.41) is 4.63. The second-order valence-corrected chi connectivity index (χ2v) is 7.27. The Hall–Kier alpha value is -2.50. The molecule has 1 fully saturated rings. The number of carbonyl (C=O) groups excluding carboxylic acids is 1. The summed E-state index contributed by atoms with van der Waals surface area (Å²) < 4.78 is 0. The topological polar surface area (TPSA) is 58.1 Å². The first-order valence-electron chi connectivity index (χ1n) is 9.17. The molecule has 0 aliphatic carbocycles. The lowest BCUT2D eigenvalue weighted by Crippen LogP contribution is -2.37. The predicted octanol–water partition coefficient (Wildman–Crippen LogP) is 4.13. The molecule has 0 unspecified atom stereocenters. The minimum atomic E-state index is 0.0309. The van der Waals surface area contributed by atoms with Crippen molar-refractivity contribution in [2.75, 3.05) is 18.4 Å². The third kappa shape index (κ3) is 4.10. The number of hydrogen-bond donors (Lipinski definition) is 1. The molecule has 2 aromatic heterocycles. The lowest BCUT2D eigenvalue weighted by atomic mass is 9.95. The third-order valence-electron chi connectivity index (χ3n) is 5.07. The maximum atomic E-state index is 12.5.